The van der Waals surface area contributed by atoms with Crippen molar-refractivity contribution in [1.82, 2.24) is 4.90 Å². The Morgan fingerprint density at radius 3 is 2.69 bits per heavy atom. The van der Waals surface area contributed by atoms with E-state index in [-0.39, 0.29) is 11.9 Å². The molecule has 1 aliphatic carbocycles. The van der Waals surface area contributed by atoms with Gasteiger partial charge in [-0.05, 0) is 25.7 Å². The van der Waals surface area contributed by atoms with Crippen LogP contribution in [0.2, 0.25) is 0 Å². The molecule has 88 valence electrons. The summed E-state index contributed by atoms with van der Waals surface area (Å²) in [6, 6.07) is 2.55. The van der Waals surface area contributed by atoms with Gasteiger partial charge in [-0.1, -0.05) is 6.92 Å². The van der Waals surface area contributed by atoms with Crippen LogP contribution in [0.25, 0.3) is 0 Å². The molecule has 1 amide bonds. The predicted octanol–water partition coefficient (Wildman–Crippen LogP) is 1.89. The van der Waals surface area contributed by atoms with Crippen molar-refractivity contribution >= 4 is 17.7 Å². The lowest BCUT2D eigenvalue weighted by atomic mass is 9.62. The highest BCUT2D eigenvalue weighted by atomic mass is 32.2. The summed E-state index contributed by atoms with van der Waals surface area (Å²) in [6.45, 7) is 5.00. The van der Waals surface area contributed by atoms with E-state index in [9.17, 15) is 10.1 Å². The minimum absolute atomic E-state index is 0.0842. The average molecular weight is 238 g/mol. The molecule has 0 aromatic heterocycles. The van der Waals surface area contributed by atoms with Gasteiger partial charge in [0.2, 0.25) is 5.91 Å². The number of nitriles is 1. The summed E-state index contributed by atoms with van der Waals surface area (Å²) in [7, 11) is 0. The van der Waals surface area contributed by atoms with E-state index < -0.39 is 5.41 Å². The van der Waals surface area contributed by atoms with Gasteiger partial charge in [-0.15, -0.1) is 0 Å². The number of hydrogen-bond acceptors (Lipinski definition) is 3. The monoisotopic (exact) mass is 238 g/mol. The number of thioether (sulfide) groups is 1. The molecule has 0 radical (unpaired) electrons. The third kappa shape index (κ3) is 1.82. The van der Waals surface area contributed by atoms with Crippen LogP contribution in [0.4, 0.5) is 0 Å². The second kappa shape index (κ2) is 4.29. The van der Waals surface area contributed by atoms with Crippen LogP contribution < -0.4 is 0 Å². The number of carbonyl (C=O) groups is 1. The summed E-state index contributed by atoms with van der Waals surface area (Å²) >= 11 is 1.89. The SMILES string of the molecule is CC1CC(C#N)(C(=O)N2CCSCC2C)C1. The molecule has 3 nitrogen and oxygen atoms in total. The van der Waals surface area contributed by atoms with Gasteiger partial charge in [-0.25, -0.2) is 0 Å². The lowest BCUT2D eigenvalue weighted by molar-refractivity contribution is -0.146. The van der Waals surface area contributed by atoms with Gasteiger partial charge in [0.15, 0.2) is 0 Å². The van der Waals surface area contributed by atoms with Crippen molar-refractivity contribution in [3.05, 3.63) is 0 Å². The number of carbonyl (C=O) groups excluding carboxylic acids is 1. The molecule has 16 heavy (non-hydrogen) atoms. The molecular formula is C12H18N2OS. The molecule has 1 aliphatic heterocycles. The van der Waals surface area contributed by atoms with Gasteiger partial charge in [0.25, 0.3) is 0 Å². The number of nitrogens with zero attached hydrogens (tertiary/aromatic N) is 2. The fraction of sp³-hybridized carbons (Fsp3) is 0.833. The molecule has 1 saturated heterocycles. The summed E-state index contributed by atoms with van der Waals surface area (Å²) in [6.07, 6.45) is 1.50. The maximum Gasteiger partial charge on any atom is 0.243 e. The van der Waals surface area contributed by atoms with Crippen molar-refractivity contribution < 1.29 is 4.79 Å². The van der Waals surface area contributed by atoms with E-state index in [2.05, 4.69) is 19.9 Å². The van der Waals surface area contributed by atoms with Gasteiger partial charge in [0.05, 0.1) is 6.07 Å². The minimum Gasteiger partial charge on any atom is -0.337 e. The zero-order valence-electron chi connectivity index (χ0n) is 9.90. The van der Waals surface area contributed by atoms with Crippen molar-refractivity contribution in [2.75, 3.05) is 18.1 Å². The first-order valence-corrected chi connectivity index (χ1v) is 7.04. The highest BCUT2D eigenvalue weighted by molar-refractivity contribution is 7.99. The van der Waals surface area contributed by atoms with Gasteiger partial charge in [0, 0.05) is 24.1 Å². The Morgan fingerprint density at radius 2 is 2.19 bits per heavy atom. The smallest absolute Gasteiger partial charge is 0.243 e. The van der Waals surface area contributed by atoms with E-state index in [0.29, 0.717) is 5.92 Å². The Morgan fingerprint density at radius 1 is 1.50 bits per heavy atom. The fourth-order valence-corrected chi connectivity index (χ4v) is 3.76. The van der Waals surface area contributed by atoms with Gasteiger partial charge in [-0.2, -0.15) is 17.0 Å². The maximum atomic E-state index is 12.4. The number of amides is 1. The molecule has 1 atom stereocenters. The Bertz CT molecular complexity index is 330. The first kappa shape index (κ1) is 11.8. The molecule has 2 rings (SSSR count). The maximum absolute atomic E-state index is 12.4. The average Bonchev–Trinajstić information content (AvgIpc) is 2.24. The van der Waals surface area contributed by atoms with Crippen molar-refractivity contribution in [3.63, 3.8) is 0 Å². The molecule has 0 bridgehead atoms. The summed E-state index contributed by atoms with van der Waals surface area (Å²) in [5, 5.41) is 9.24. The lowest BCUT2D eigenvalue weighted by Gasteiger charge is -2.45. The standard InChI is InChI=1S/C12H18N2OS/c1-9-5-12(6-9,8-13)11(15)14-3-4-16-7-10(14)2/h9-10H,3-7H2,1-2H3. The van der Waals surface area contributed by atoms with E-state index in [1.807, 2.05) is 16.7 Å². The van der Waals surface area contributed by atoms with Crippen LogP contribution >= 0.6 is 11.8 Å². The zero-order valence-corrected chi connectivity index (χ0v) is 10.7. The molecule has 4 heteroatoms. The van der Waals surface area contributed by atoms with Gasteiger partial charge in [-0.3, -0.25) is 4.79 Å². The Labute approximate surface area is 101 Å². The normalized spacial score (nSPS) is 38.7. The van der Waals surface area contributed by atoms with Crippen LogP contribution in [0.15, 0.2) is 0 Å². The van der Waals surface area contributed by atoms with Crippen LogP contribution in [0, 0.1) is 22.7 Å². The first-order valence-electron chi connectivity index (χ1n) is 5.89. The molecule has 1 unspecified atom stereocenters. The van der Waals surface area contributed by atoms with Crippen LogP contribution in [0.1, 0.15) is 26.7 Å². The number of hydrogen-bond donors (Lipinski definition) is 0. The molecule has 0 N–H and O–H groups in total. The highest BCUT2D eigenvalue weighted by Crippen LogP contribution is 2.46. The minimum atomic E-state index is -0.685. The van der Waals surface area contributed by atoms with Crippen LogP contribution in [-0.4, -0.2) is 34.9 Å². The van der Waals surface area contributed by atoms with Crippen LogP contribution in [-0.2, 0) is 4.79 Å². The zero-order chi connectivity index (χ0) is 11.8. The van der Waals surface area contributed by atoms with E-state index in [0.717, 1.165) is 30.9 Å². The second-order valence-corrected chi connectivity index (χ2v) is 6.28. The molecule has 2 aliphatic rings. The van der Waals surface area contributed by atoms with Gasteiger partial charge >= 0.3 is 0 Å². The molecular weight excluding hydrogens is 220 g/mol. The summed E-state index contributed by atoms with van der Waals surface area (Å²) in [5.74, 6) is 2.62. The molecule has 2 fully saturated rings. The lowest BCUT2D eigenvalue weighted by Crippen LogP contribution is -2.55. The van der Waals surface area contributed by atoms with Crippen molar-refractivity contribution in [2.24, 2.45) is 11.3 Å². The fourth-order valence-electron chi connectivity index (χ4n) is 2.75. The summed E-state index contributed by atoms with van der Waals surface area (Å²) < 4.78 is 0. The predicted molar refractivity (Wildman–Crippen MR) is 64.9 cm³/mol. The molecule has 1 saturated carbocycles. The van der Waals surface area contributed by atoms with E-state index in [1.165, 1.54) is 0 Å². The molecule has 0 spiro atoms. The van der Waals surface area contributed by atoms with Crippen molar-refractivity contribution in [2.45, 2.75) is 32.7 Å². The quantitative estimate of drug-likeness (QED) is 0.700. The van der Waals surface area contributed by atoms with Crippen LogP contribution in [0.5, 0.6) is 0 Å². The molecule has 0 aromatic rings. The van der Waals surface area contributed by atoms with E-state index in [4.69, 9.17) is 0 Å². The van der Waals surface area contributed by atoms with Crippen LogP contribution in [0.3, 0.4) is 0 Å². The first-order chi connectivity index (χ1) is 7.59. The summed E-state index contributed by atoms with van der Waals surface area (Å²) in [5.41, 5.74) is -0.685. The van der Waals surface area contributed by atoms with Crippen molar-refractivity contribution in [1.29, 1.82) is 5.26 Å². The Balaban J connectivity index is 2.09. The van der Waals surface area contributed by atoms with Crippen molar-refractivity contribution in [3.8, 4) is 6.07 Å². The van der Waals surface area contributed by atoms with Gasteiger partial charge in [0.1, 0.15) is 5.41 Å². The topological polar surface area (TPSA) is 44.1 Å². The van der Waals surface area contributed by atoms with Gasteiger partial charge < -0.3 is 4.90 Å². The van der Waals surface area contributed by atoms with E-state index in [1.54, 1.807) is 0 Å². The Kier molecular flexibility index (Phi) is 3.16. The molecule has 1 heterocycles. The largest absolute Gasteiger partial charge is 0.337 e. The molecule has 0 aromatic carbocycles. The summed E-state index contributed by atoms with van der Waals surface area (Å²) in [4.78, 5) is 14.3. The highest BCUT2D eigenvalue weighted by Gasteiger charge is 2.51. The van der Waals surface area contributed by atoms with E-state index >= 15 is 0 Å². The third-order valence-corrected chi connectivity index (χ3v) is 4.84. The number of rotatable bonds is 1. The third-order valence-electron chi connectivity index (χ3n) is 3.65. The second-order valence-electron chi connectivity index (χ2n) is 5.13. The Hall–Kier alpha value is -0.690.